The van der Waals surface area contributed by atoms with Gasteiger partial charge in [-0.15, -0.1) is 0 Å². The van der Waals surface area contributed by atoms with E-state index in [0.29, 0.717) is 23.1 Å². The highest BCUT2D eigenvalue weighted by Gasteiger charge is 2.31. The van der Waals surface area contributed by atoms with Crippen molar-refractivity contribution in [3.63, 3.8) is 0 Å². The summed E-state index contributed by atoms with van der Waals surface area (Å²) >= 11 is 0. The average molecular weight is 397 g/mol. The number of carbonyl (C=O) groups is 1. The Bertz CT molecular complexity index is 449. The van der Waals surface area contributed by atoms with Crippen molar-refractivity contribution in [2.75, 3.05) is 36.2 Å². The molecule has 0 radical (unpaired) electrons. The average Bonchev–Trinajstić information content (AvgIpc) is 2.50. The van der Waals surface area contributed by atoms with Gasteiger partial charge in [0, 0.05) is 11.2 Å². The molecule has 1 aliphatic heterocycles. The lowest BCUT2D eigenvalue weighted by atomic mass is 9.92. The minimum atomic E-state index is -3.97. The second-order valence-electron chi connectivity index (χ2n) is 7.48. The zero-order valence-electron chi connectivity index (χ0n) is 16.3. The molecule has 0 aromatic heterocycles. The van der Waals surface area contributed by atoms with Crippen LogP contribution in [-0.2, 0) is 30.5 Å². The minimum absolute atomic E-state index is 0.161. The van der Waals surface area contributed by atoms with Gasteiger partial charge in [-0.25, -0.2) is 8.42 Å². The first kappa shape index (κ1) is 24.9. The van der Waals surface area contributed by atoms with Crippen LogP contribution in [0.2, 0.25) is 0 Å². The summed E-state index contributed by atoms with van der Waals surface area (Å²) in [7, 11) is -3.66. The molecule has 1 saturated heterocycles. The van der Waals surface area contributed by atoms with Crippen molar-refractivity contribution in [3.8, 4) is 0 Å². The zero-order chi connectivity index (χ0) is 19.3. The summed E-state index contributed by atoms with van der Waals surface area (Å²) in [5, 5.41) is 0. The summed E-state index contributed by atoms with van der Waals surface area (Å²) in [5.74, 6) is 3.15. The van der Waals surface area contributed by atoms with Crippen LogP contribution >= 0.6 is 0 Å². The van der Waals surface area contributed by atoms with Crippen LogP contribution in [-0.4, -0.2) is 55.0 Å². The van der Waals surface area contributed by atoms with E-state index in [0.717, 1.165) is 49.7 Å². The standard InChI is InChI=1S/C10H19O2S.C8H18O3S/c1-10(2,3)9(11)8-13-6-4-12-5-7-13;1-2-3-4-5-6-7-8-12(9,10)11/h4-8H2,1-3H3;2-8H2,1H3,(H,9,10,11)/q+1;/p-1. The van der Waals surface area contributed by atoms with Gasteiger partial charge in [-0.05, 0) is 17.3 Å². The molecule has 0 atom stereocenters. The largest absolute Gasteiger partial charge is 0.748 e. The molecule has 1 heterocycles. The maximum absolute atomic E-state index is 11.7. The SMILES string of the molecule is CC(C)(C)C(=O)C[S+]1CCOCC1.CCCCCCCCS(=O)(=O)[O-]. The summed E-state index contributed by atoms with van der Waals surface area (Å²) in [6, 6.07) is 0. The van der Waals surface area contributed by atoms with Crippen LogP contribution in [0.15, 0.2) is 0 Å². The smallest absolute Gasteiger partial charge is 0.187 e. The molecule has 25 heavy (non-hydrogen) atoms. The minimum Gasteiger partial charge on any atom is -0.748 e. The zero-order valence-corrected chi connectivity index (χ0v) is 18.0. The van der Waals surface area contributed by atoms with Crippen LogP contribution in [0.4, 0.5) is 0 Å². The third-order valence-electron chi connectivity index (χ3n) is 3.95. The van der Waals surface area contributed by atoms with E-state index in [1.54, 1.807) is 0 Å². The Hall–Kier alpha value is -0.110. The van der Waals surface area contributed by atoms with Crippen molar-refractivity contribution in [2.24, 2.45) is 5.41 Å². The van der Waals surface area contributed by atoms with Gasteiger partial charge in [0.05, 0.1) is 23.3 Å². The van der Waals surface area contributed by atoms with Gasteiger partial charge in [-0.3, -0.25) is 4.79 Å². The highest BCUT2D eigenvalue weighted by atomic mass is 32.2. The first-order valence-corrected chi connectivity index (χ1v) is 12.6. The maximum atomic E-state index is 11.7. The Balaban J connectivity index is 0.000000463. The predicted molar refractivity (Wildman–Crippen MR) is 105 cm³/mol. The summed E-state index contributed by atoms with van der Waals surface area (Å²) in [5.41, 5.74) is -0.161. The molecule has 1 fully saturated rings. The summed E-state index contributed by atoms with van der Waals surface area (Å²) in [6.45, 7) is 9.82. The van der Waals surface area contributed by atoms with E-state index in [-0.39, 0.29) is 11.2 Å². The first-order chi connectivity index (χ1) is 11.6. The van der Waals surface area contributed by atoms with Gasteiger partial charge in [-0.2, -0.15) is 0 Å². The number of carbonyl (C=O) groups excluding carboxylic acids is 1. The van der Waals surface area contributed by atoms with E-state index >= 15 is 0 Å². The monoisotopic (exact) mass is 396 g/mol. The number of unbranched alkanes of at least 4 members (excludes halogenated alkanes) is 5. The van der Waals surface area contributed by atoms with Crippen molar-refractivity contribution >= 4 is 26.8 Å². The second-order valence-corrected chi connectivity index (χ2v) is 11.3. The van der Waals surface area contributed by atoms with Gasteiger partial charge in [0.25, 0.3) is 0 Å². The summed E-state index contributed by atoms with van der Waals surface area (Å²) in [4.78, 5) is 11.7. The lowest BCUT2D eigenvalue weighted by molar-refractivity contribution is -0.123. The molecule has 0 saturated carbocycles. The number of ether oxygens (including phenoxy) is 1. The predicted octanol–water partition coefficient (Wildman–Crippen LogP) is 3.14. The van der Waals surface area contributed by atoms with Crippen LogP contribution in [0.5, 0.6) is 0 Å². The van der Waals surface area contributed by atoms with E-state index < -0.39 is 10.1 Å². The summed E-state index contributed by atoms with van der Waals surface area (Å²) < 4.78 is 35.8. The Morgan fingerprint density at radius 1 is 1.04 bits per heavy atom. The van der Waals surface area contributed by atoms with Gasteiger partial charge in [0.15, 0.2) is 11.5 Å². The fourth-order valence-electron chi connectivity index (χ4n) is 2.16. The number of hydrogen-bond donors (Lipinski definition) is 0. The number of hydrogen-bond acceptors (Lipinski definition) is 5. The molecule has 1 aliphatic rings. The lowest BCUT2D eigenvalue weighted by Gasteiger charge is -2.19. The highest BCUT2D eigenvalue weighted by molar-refractivity contribution is 7.97. The van der Waals surface area contributed by atoms with Crippen LogP contribution in [0.1, 0.15) is 66.2 Å². The molecule has 7 heteroatoms. The van der Waals surface area contributed by atoms with Gasteiger partial charge < -0.3 is 9.29 Å². The van der Waals surface area contributed by atoms with Crippen LogP contribution in [0.3, 0.4) is 0 Å². The van der Waals surface area contributed by atoms with Gasteiger partial charge in [-0.1, -0.05) is 59.8 Å². The molecule has 1 rings (SSSR count). The summed E-state index contributed by atoms with van der Waals surface area (Å²) in [6.07, 6.45) is 5.96. The Morgan fingerprint density at radius 2 is 1.56 bits per heavy atom. The first-order valence-electron chi connectivity index (χ1n) is 9.25. The van der Waals surface area contributed by atoms with Crippen molar-refractivity contribution in [2.45, 2.75) is 66.2 Å². The fraction of sp³-hybridized carbons (Fsp3) is 0.944. The number of ketones is 1. The lowest BCUT2D eigenvalue weighted by Crippen LogP contribution is -2.35. The van der Waals surface area contributed by atoms with Gasteiger partial charge in [0.1, 0.15) is 11.5 Å². The highest BCUT2D eigenvalue weighted by Crippen LogP contribution is 2.17. The van der Waals surface area contributed by atoms with Crippen LogP contribution < -0.4 is 0 Å². The molecule has 0 aromatic rings. The molecule has 0 N–H and O–H groups in total. The second kappa shape index (κ2) is 13.1. The molecule has 0 amide bonds. The van der Waals surface area contributed by atoms with Gasteiger partial charge >= 0.3 is 0 Å². The molecule has 150 valence electrons. The van der Waals surface area contributed by atoms with E-state index in [1.165, 1.54) is 12.8 Å². The Kier molecular flexibility index (Phi) is 13.1. The molecule has 0 bridgehead atoms. The van der Waals surface area contributed by atoms with Crippen molar-refractivity contribution < 1.29 is 22.5 Å². The van der Waals surface area contributed by atoms with Crippen molar-refractivity contribution in [1.29, 1.82) is 0 Å². The van der Waals surface area contributed by atoms with E-state index in [2.05, 4.69) is 6.92 Å². The Morgan fingerprint density at radius 3 is 2.04 bits per heavy atom. The number of Topliss-reactive ketones (excluding diaryl/α,β-unsaturated/α-hetero) is 1. The van der Waals surface area contributed by atoms with Crippen LogP contribution in [0, 0.1) is 5.41 Å². The van der Waals surface area contributed by atoms with Crippen LogP contribution in [0.25, 0.3) is 0 Å². The van der Waals surface area contributed by atoms with Crippen molar-refractivity contribution in [3.05, 3.63) is 0 Å². The molecule has 0 aromatic carbocycles. The topological polar surface area (TPSA) is 83.5 Å². The Labute approximate surface area is 157 Å². The third kappa shape index (κ3) is 15.8. The normalized spacial score (nSPS) is 16.2. The van der Waals surface area contributed by atoms with Gasteiger partial charge in [0.2, 0.25) is 0 Å². The number of rotatable bonds is 9. The molecular weight excluding hydrogens is 360 g/mol. The van der Waals surface area contributed by atoms with E-state index in [9.17, 15) is 17.8 Å². The third-order valence-corrected chi connectivity index (χ3v) is 6.90. The quantitative estimate of drug-likeness (QED) is 0.340. The van der Waals surface area contributed by atoms with E-state index in [1.807, 2.05) is 20.8 Å². The molecule has 0 aliphatic carbocycles. The molecule has 0 spiro atoms. The maximum Gasteiger partial charge on any atom is 0.187 e. The van der Waals surface area contributed by atoms with E-state index in [4.69, 9.17) is 4.74 Å². The molecule has 5 nitrogen and oxygen atoms in total. The molecule has 0 unspecified atom stereocenters. The van der Waals surface area contributed by atoms with Crippen molar-refractivity contribution in [1.82, 2.24) is 0 Å². The fourth-order valence-corrected chi connectivity index (χ4v) is 4.72. The molecular formula is C18H36O5S2.